The molecule has 1 aromatic rings. The van der Waals surface area contributed by atoms with Crippen molar-refractivity contribution in [1.29, 1.82) is 5.26 Å². The molecule has 13 heavy (non-hydrogen) atoms. The van der Waals surface area contributed by atoms with Gasteiger partial charge in [-0.1, -0.05) is 12.1 Å². The second kappa shape index (κ2) is 3.92. The van der Waals surface area contributed by atoms with Crippen LogP contribution in [0.1, 0.15) is 23.6 Å². The van der Waals surface area contributed by atoms with Crippen LogP contribution >= 0.6 is 0 Å². The fourth-order valence-corrected chi connectivity index (χ4v) is 1.25. The molecule has 1 atom stereocenters. The molecule has 1 rings (SSSR count). The second-order valence-corrected chi connectivity index (χ2v) is 2.96. The van der Waals surface area contributed by atoms with Crippen LogP contribution in [-0.2, 0) is 0 Å². The first-order valence-electron chi connectivity index (χ1n) is 4.08. The molecule has 1 aromatic carbocycles. The molecule has 0 aliphatic heterocycles. The first kappa shape index (κ1) is 9.56. The molecule has 0 aliphatic carbocycles. The van der Waals surface area contributed by atoms with Gasteiger partial charge in [-0.05, 0) is 24.1 Å². The van der Waals surface area contributed by atoms with E-state index < -0.39 is 0 Å². The van der Waals surface area contributed by atoms with E-state index in [9.17, 15) is 5.11 Å². The van der Waals surface area contributed by atoms with Crippen LogP contribution in [0.25, 0.3) is 0 Å². The number of hydrogen-bond acceptors (Lipinski definition) is 3. The zero-order valence-corrected chi connectivity index (χ0v) is 7.49. The Morgan fingerprint density at radius 2 is 2.31 bits per heavy atom. The van der Waals surface area contributed by atoms with Gasteiger partial charge in [0.25, 0.3) is 0 Å². The number of hydrogen-bond donors (Lipinski definition) is 2. The van der Waals surface area contributed by atoms with Crippen LogP contribution in [0.15, 0.2) is 18.2 Å². The maximum atomic E-state index is 9.38. The summed E-state index contributed by atoms with van der Waals surface area (Å²) in [7, 11) is 0. The molecule has 0 saturated heterocycles. The minimum absolute atomic E-state index is 0.228. The van der Waals surface area contributed by atoms with Gasteiger partial charge in [0.2, 0.25) is 0 Å². The predicted octanol–water partition coefficient (Wildman–Crippen LogP) is 1.61. The summed E-state index contributed by atoms with van der Waals surface area (Å²) >= 11 is 0. The average Bonchev–Trinajstić information content (AvgIpc) is 2.10. The number of benzene rings is 1. The van der Waals surface area contributed by atoms with E-state index in [1.54, 1.807) is 19.1 Å². The van der Waals surface area contributed by atoms with Crippen LogP contribution in [0.4, 0.5) is 0 Å². The van der Waals surface area contributed by atoms with Gasteiger partial charge in [0, 0.05) is 6.04 Å². The van der Waals surface area contributed by atoms with Crippen molar-refractivity contribution >= 4 is 0 Å². The van der Waals surface area contributed by atoms with Gasteiger partial charge in [-0.3, -0.25) is 0 Å². The molecule has 3 nitrogen and oxygen atoms in total. The molecule has 0 bridgehead atoms. The number of nitrogens with zero attached hydrogens (tertiary/aromatic N) is 1. The van der Waals surface area contributed by atoms with E-state index in [-0.39, 0.29) is 18.2 Å². The van der Waals surface area contributed by atoms with Gasteiger partial charge in [0.15, 0.2) is 0 Å². The van der Waals surface area contributed by atoms with Gasteiger partial charge in [-0.25, -0.2) is 0 Å². The van der Waals surface area contributed by atoms with E-state index in [0.717, 1.165) is 11.1 Å². The molecule has 0 aliphatic rings. The molecule has 0 amide bonds. The fourth-order valence-electron chi connectivity index (χ4n) is 1.25. The number of nitrogens with two attached hydrogens (primary N) is 1. The average molecular weight is 176 g/mol. The zero-order valence-electron chi connectivity index (χ0n) is 7.49. The van der Waals surface area contributed by atoms with Gasteiger partial charge in [-0.2, -0.15) is 5.26 Å². The lowest BCUT2D eigenvalue weighted by Crippen LogP contribution is -2.10. The number of rotatable bonds is 2. The van der Waals surface area contributed by atoms with Crippen LogP contribution in [0, 0.1) is 18.3 Å². The lowest BCUT2D eigenvalue weighted by molar-refractivity contribution is 0.469. The van der Waals surface area contributed by atoms with Crippen LogP contribution < -0.4 is 5.73 Å². The van der Waals surface area contributed by atoms with E-state index in [0.29, 0.717) is 0 Å². The summed E-state index contributed by atoms with van der Waals surface area (Å²) in [6.45, 7) is 1.79. The maximum Gasteiger partial charge on any atom is 0.118 e. The van der Waals surface area contributed by atoms with Crippen LogP contribution in [0.2, 0.25) is 0 Å². The summed E-state index contributed by atoms with van der Waals surface area (Å²) in [5.74, 6) is 0.228. The minimum Gasteiger partial charge on any atom is -0.508 e. The van der Waals surface area contributed by atoms with Crippen molar-refractivity contribution in [1.82, 2.24) is 0 Å². The highest BCUT2D eigenvalue weighted by atomic mass is 16.3. The molecule has 0 aromatic heterocycles. The van der Waals surface area contributed by atoms with E-state index in [1.165, 1.54) is 0 Å². The highest BCUT2D eigenvalue weighted by Gasteiger charge is 2.09. The molecule has 0 radical (unpaired) electrons. The Balaban J connectivity index is 3.02. The molecular formula is C10H12N2O. The van der Waals surface area contributed by atoms with Crippen molar-refractivity contribution in [2.24, 2.45) is 5.73 Å². The third-order valence-electron chi connectivity index (χ3n) is 2.06. The molecule has 68 valence electrons. The second-order valence-electron chi connectivity index (χ2n) is 2.96. The van der Waals surface area contributed by atoms with Crippen molar-refractivity contribution in [3.05, 3.63) is 29.3 Å². The van der Waals surface area contributed by atoms with E-state index in [1.807, 2.05) is 12.1 Å². The normalized spacial score (nSPS) is 12.1. The summed E-state index contributed by atoms with van der Waals surface area (Å²) in [6, 6.07) is 6.87. The van der Waals surface area contributed by atoms with Crippen molar-refractivity contribution < 1.29 is 5.11 Å². The Morgan fingerprint density at radius 1 is 1.62 bits per heavy atom. The van der Waals surface area contributed by atoms with Crippen LogP contribution in [0.5, 0.6) is 5.75 Å². The quantitative estimate of drug-likeness (QED) is 0.719. The Labute approximate surface area is 77.4 Å². The van der Waals surface area contributed by atoms with Gasteiger partial charge in [-0.15, -0.1) is 0 Å². The van der Waals surface area contributed by atoms with E-state index >= 15 is 0 Å². The first-order valence-corrected chi connectivity index (χ1v) is 4.08. The fraction of sp³-hybridized carbons (Fsp3) is 0.300. The Bertz CT molecular complexity index is 341. The number of aromatic hydroxyl groups is 1. The van der Waals surface area contributed by atoms with E-state index in [4.69, 9.17) is 11.0 Å². The summed E-state index contributed by atoms with van der Waals surface area (Å²) in [6.07, 6.45) is 0.268. The van der Waals surface area contributed by atoms with Crippen LogP contribution in [0.3, 0.4) is 0 Å². The molecule has 0 fully saturated rings. The number of phenolic OH excluding ortho intramolecular Hbond substituents is 1. The molecular weight excluding hydrogens is 164 g/mol. The highest BCUT2D eigenvalue weighted by molar-refractivity contribution is 5.39. The Morgan fingerprint density at radius 3 is 2.92 bits per heavy atom. The van der Waals surface area contributed by atoms with Gasteiger partial charge >= 0.3 is 0 Å². The summed E-state index contributed by atoms with van der Waals surface area (Å²) in [4.78, 5) is 0. The van der Waals surface area contributed by atoms with Crippen molar-refractivity contribution in [2.45, 2.75) is 19.4 Å². The Kier molecular flexibility index (Phi) is 2.88. The summed E-state index contributed by atoms with van der Waals surface area (Å²) in [5, 5.41) is 17.8. The maximum absolute atomic E-state index is 9.38. The third-order valence-corrected chi connectivity index (χ3v) is 2.06. The molecule has 1 unspecified atom stereocenters. The van der Waals surface area contributed by atoms with Crippen molar-refractivity contribution in [2.75, 3.05) is 0 Å². The molecule has 3 heteroatoms. The summed E-state index contributed by atoms with van der Waals surface area (Å²) in [5.41, 5.74) is 7.33. The van der Waals surface area contributed by atoms with Crippen molar-refractivity contribution in [3.63, 3.8) is 0 Å². The summed E-state index contributed by atoms with van der Waals surface area (Å²) < 4.78 is 0. The van der Waals surface area contributed by atoms with Crippen LogP contribution in [-0.4, -0.2) is 5.11 Å². The third kappa shape index (κ3) is 1.98. The monoisotopic (exact) mass is 176 g/mol. The van der Waals surface area contributed by atoms with Gasteiger partial charge in [0.05, 0.1) is 12.5 Å². The van der Waals surface area contributed by atoms with Crippen molar-refractivity contribution in [3.8, 4) is 11.8 Å². The zero-order chi connectivity index (χ0) is 9.84. The Hall–Kier alpha value is -1.53. The highest BCUT2D eigenvalue weighted by Crippen LogP contribution is 2.24. The molecule has 3 N–H and O–H groups in total. The number of phenols is 1. The largest absolute Gasteiger partial charge is 0.508 e. The molecule has 0 heterocycles. The first-order chi connectivity index (χ1) is 6.16. The number of nitriles is 1. The smallest absolute Gasteiger partial charge is 0.118 e. The standard InChI is InChI=1S/C10H12N2O/c1-7-8(9(12)5-6-11)3-2-4-10(7)13/h2-4,9,13H,5,12H2,1H3. The molecule has 0 spiro atoms. The van der Waals surface area contributed by atoms with Gasteiger partial charge < -0.3 is 10.8 Å². The lowest BCUT2D eigenvalue weighted by Gasteiger charge is -2.11. The molecule has 0 saturated carbocycles. The predicted molar refractivity (Wildman–Crippen MR) is 50.0 cm³/mol. The lowest BCUT2D eigenvalue weighted by atomic mass is 9.99. The van der Waals surface area contributed by atoms with Gasteiger partial charge in [0.1, 0.15) is 5.75 Å². The SMILES string of the molecule is Cc1c(O)cccc1C(N)CC#N. The van der Waals surface area contributed by atoms with E-state index in [2.05, 4.69) is 0 Å². The minimum atomic E-state index is -0.308. The topological polar surface area (TPSA) is 70.0 Å².